The van der Waals surface area contributed by atoms with Crippen LogP contribution >= 0.6 is 11.8 Å². The van der Waals surface area contributed by atoms with Crippen molar-refractivity contribution in [2.75, 3.05) is 0 Å². The Morgan fingerprint density at radius 3 is 2.65 bits per heavy atom. The number of Topliss-reactive ketones (excluding diaryl/α,β-unsaturated/α-hetero) is 1. The maximum atomic E-state index is 12.7. The van der Waals surface area contributed by atoms with E-state index in [0.717, 1.165) is 24.3 Å². The van der Waals surface area contributed by atoms with Crippen molar-refractivity contribution in [3.63, 3.8) is 0 Å². The Labute approximate surface area is 143 Å². The van der Waals surface area contributed by atoms with Gasteiger partial charge in [-0.2, -0.15) is 0 Å². The van der Waals surface area contributed by atoms with Gasteiger partial charge in [-0.05, 0) is 49.7 Å². The van der Waals surface area contributed by atoms with Gasteiger partial charge >= 0.3 is 0 Å². The van der Waals surface area contributed by atoms with Crippen LogP contribution in [0.15, 0.2) is 28.7 Å². The predicted molar refractivity (Wildman–Crippen MR) is 98.0 cm³/mol. The molecule has 1 aliphatic heterocycles. The van der Waals surface area contributed by atoms with Crippen molar-refractivity contribution in [2.24, 2.45) is 11.8 Å². The summed E-state index contributed by atoms with van der Waals surface area (Å²) in [5.41, 5.74) is 3.91. The van der Waals surface area contributed by atoms with Crippen LogP contribution in [0.2, 0.25) is 0 Å². The number of carbonyl (C=O) groups excluding carboxylic acids is 1. The molecule has 1 aromatic rings. The lowest BCUT2D eigenvalue weighted by Crippen LogP contribution is -2.15. The average Bonchev–Trinajstić information content (AvgIpc) is 3.27. The summed E-state index contributed by atoms with van der Waals surface area (Å²) in [6.45, 7) is 2.27. The maximum Gasteiger partial charge on any atom is 0.165 e. The molecule has 2 heteroatoms. The Kier molecular flexibility index (Phi) is 4.36. The van der Waals surface area contributed by atoms with Crippen molar-refractivity contribution in [3.8, 4) is 0 Å². The first-order chi connectivity index (χ1) is 11.3. The van der Waals surface area contributed by atoms with Crippen LogP contribution in [0.3, 0.4) is 0 Å². The molecule has 2 fully saturated rings. The first-order valence-corrected chi connectivity index (χ1v) is 10.2. The Morgan fingerprint density at radius 1 is 1.17 bits per heavy atom. The number of hydrogen-bond donors (Lipinski definition) is 0. The molecule has 1 unspecified atom stereocenters. The minimum absolute atomic E-state index is 0.284. The molecule has 3 aliphatic rings. The van der Waals surface area contributed by atoms with Crippen molar-refractivity contribution in [1.29, 1.82) is 0 Å². The Morgan fingerprint density at radius 2 is 1.96 bits per heavy atom. The molecule has 1 heterocycles. The lowest BCUT2D eigenvalue weighted by molar-refractivity contribution is 0.0922. The van der Waals surface area contributed by atoms with Crippen molar-refractivity contribution in [2.45, 2.75) is 68.4 Å². The second-order valence-electron chi connectivity index (χ2n) is 7.44. The van der Waals surface area contributed by atoms with E-state index in [9.17, 15) is 4.79 Å². The average molecular weight is 327 g/mol. The van der Waals surface area contributed by atoms with Gasteiger partial charge in [0.2, 0.25) is 0 Å². The molecule has 0 amide bonds. The van der Waals surface area contributed by atoms with Crippen LogP contribution in [0.1, 0.15) is 74.2 Å². The Hall–Kier alpha value is -1.02. The molecule has 1 nitrogen and oxygen atoms in total. The molecule has 1 aromatic carbocycles. The molecule has 0 saturated heterocycles. The number of ketones is 1. The minimum Gasteiger partial charge on any atom is -0.294 e. The lowest BCUT2D eigenvalue weighted by atomic mass is 9.94. The third-order valence-corrected chi connectivity index (χ3v) is 7.12. The van der Waals surface area contributed by atoms with Crippen LogP contribution in [0, 0.1) is 11.8 Å². The SMILES string of the molecule is CCCC1=Cc2ccc(C(=O)C3CCCC3)cc2SC1C1CC1. The maximum absolute atomic E-state index is 12.7. The molecule has 0 aromatic heterocycles. The summed E-state index contributed by atoms with van der Waals surface area (Å²) < 4.78 is 0. The van der Waals surface area contributed by atoms with Crippen LogP contribution in [0.5, 0.6) is 0 Å². The number of fused-ring (bicyclic) bond motifs is 1. The quantitative estimate of drug-likeness (QED) is 0.606. The normalized spacial score (nSPS) is 24.4. The van der Waals surface area contributed by atoms with E-state index in [-0.39, 0.29) is 5.92 Å². The van der Waals surface area contributed by atoms with E-state index in [1.165, 1.54) is 49.0 Å². The largest absolute Gasteiger partial charge is 0.294 e. The van der Waals surface area contributed by atoms with Gasteiger partial charge in [-0.25, -0.2) is 0 Å². The zero-order valence-corrected chi connectivity index (χ0v) is 14.8. The van der Waals surface area contributed by atoms with Crippen molar-refractivity contribution in [1.82, 2.24) is 0 Å². The summed E-state index contributed by atoms with van der Waals surface area (Å²) in [6.07, 6.45) is 12.3. The topological polar surface area (TPSA) is 17.1 Å². The van der Waals surface area contributed by atoms with E-state index in [2.05, 4.69) is 31.2 Å². The van der Waals surface area contributed by atoms with Gasteiger partial charge in [0.15, 0.2) is 5.78 Å². The zero-order chi connectivity index (χ0) is 15.8. The Balaban J connectivity index is 1.61. The molecular weight excluding hydrogens is 300 g/mol. The summed E-state index contributed by atoms with van der Waals surface area (Å²) in [6, 6.07) is 6.44. The monoisotopic (exact) mass is 326 g/mol. The highest BCUT2D eigenvalue weighted by Gasteiger charge is 2.36. The van der Waals surface area contributed by atoms with Crippen LogP contribution < -0.4 is 0 Å². The number of hydrogen-bond acceptors (Lipinski definition) is 2. The molecule has 2 saturated carbocycles. The summed E-state index contributed by atoms with van der Waals surface area (Å²) in [7, 11) is 0. The van der Waals surface area contributed by atoms with E-state index < -0.39 is 0 Å². The van der Waals surface area contributed by atoms with Gasteiger partial charge in [0, 0.05) is 21.6 Å². The van der Waals surface area contributed by atoms with Crippen LogP contribution in [-0.2, 0) is 0 Å². The molecule has 0 radical (unpaired) electrons. The van der Waals surface area contributed by atoms with Gasteiger partial charge in [0.25, 0.3) is 0 Å². The van der Waals surface area contributed by atoms with Gasteiger partial charge in [0.05, 0.1) is 0 Å². The van der Waals surface area contributed by atoms with Gasteiger partial charge < -0.3 is 0 Å². The van der Waals surface area contributed by atoms with E-state index >= 15 is 0 Å². The highest BCUT2D eigenvalue weighted by atomic mass is 32.2. The van der Waals surface area contributed by atoms with E-state index in [4.69, 9.17) is 0 Å². The summed E-state index contributed by atoms with van der Waals surface area (Å²) in [4.78, 5) is 14.0. The van der Waals surface area contributed by atoms with Crippen LogP contribution in [0.25, 0.3) is 6.08 Å². The molecule has 122 valence electrons. The van der Waals surface area contributed by atoms with Gasteiger partial charge in [0.1, 0.15) is 0 Å². The second kappa shape index (κ2) is 6.47. The highest BCUT2D eigenvalue weighted by molar-refractivity contribution is 8.00. The standard InChI is InChI=1S/C21H26OS/c1-2-5-18-12-16-10-11-17(20(22)14-6-3-4-7-14)13-19(16)23-21(18)15-8-9-15/h10-15,21H,2-9H2,1H3. The fourth-order valence-electron chi connectivity index (χ4n) is 4.13. The number of rotatable bonds is 5. The summed E-state index contributed by atoms with van der Waals surface area (Å²) >= 11 is 2.03. The molecule has 1 atom stereocenters. The zero-order valence-electron chi connectivity index (χ0n) is 14.0. The fourth-order valence-corrected chi connectivity index (χ4v) is 5.66. The fraction of sp³-hybridized carbons (Fsp3) is 0.571. The first-order valence-electron chi connectivity index (χ1n) is 9.31. The third kappa shape index (κ3) is 3.15. The minimum atomic E-state index is 0.284. The molecule has 0 N–H and O–H groups in total. The molecule has 0 bridgehead atoms. The number of benzene rings is 1. The van der Waals surface area contributed by atoms with Crippen molar-refractivity contribution >= 4 is 23.6 Å². The van der Waals surface area contributed by atoms with Gasteiger partial charge in [-0.3, -0.25) is 4.79 Å². The number of thioether (sulfide) groups is 1. The van der Waals surface area contributed by atoms with E-state index in [1.807, 2.05) is 11.8 Å². The smallest absolute Gasteiger partial charge is 0.165 e. The predicted octanol–water partition coefficient (Wildman–Crippen LogP) is 6.13. The van der Waals surface area contributed by atoms with Gasteiger partial charge in [-0.1, -0.05) is 50.0 Å². The van der Waals surface area contributed by atoms with E-state index in [0.29, 0.717) is 11.0 Å². The van der Waals surface area contributed by atoms with Crippen LogP contribution in [-0.4, -0.2) is 11.0 Å². The van der Waals surface area contributed by atoms with E-state index in [1.54, 1.807) is 5.57 Å². The first kappa shape index (κ1) is 15.5. The number of carbonyl (C=O) groups is 1. The molecule has 2 aliphatic carbocycles. The van der Waals surface area contributed by atoms with Gasteiger partial charge in [-0.15, -0.1) is 11.8 Å². The van der Waals surface area contributed by atoms with Crippen molar-refractivity contribution in [3.05, 3.63) is 34.9 Å². The lowest BCUT2D eigenvalue weighted by Gasteiger charge is -2.26. The molecular formula is C21H26OS. The highest BCUT2D eigenvalue weighted by Crippen LogP contribution is 2.50. The summed E-state index contributed by atoms with van der Waals surface area (Å²) in [5, 5.41) is 0.666. The van der Waals surface area contributed by atoms with Crippen LogP contribution in [0.4, 0.5) is 0 Å². The molecule has 4 rings (SSSR count). The second-order valence-corrected chi connectivity index (χ2v) is 8.63. The third-order valence-electron chi connectivity index (χ3n) is 5.57. The Bertz CT molecular complexity index is 635. The summed E-state index contributed by atoms with van der Waals surface area (Å²) in [5.74, 6) is 1.55. The van der Waals surface area contributed by atoms with Crippen molar-refractivity contribution < 1.29 is 4.79 Å². The molecule has 23 heavy (non-hydrogen) atoms. The molecule has 0 spiro atoms.